The Kier molecular flexibility index (Phi) is 4.61. The summed E-state index contributed by atoms with van der Waals surface area (Å²) in [6.45, 7) is 0. The Bertz CT molecular complexity index is 738. The first-order valence-electron chi connectivity index (χ1n) is 6.19. The highest BCUT2D eigenvalue weighted by Gasteiger charge is 2.34. The topological polar surface area (TPSA) is 95.2 Å². The summed E-state index contributed by atoms with van der Waals surface area (Å²) < 4.78 is 41.5. The summed E-state index contributed by atoms with van der Waals surface area (Å²) in [5.41, 5.74) is 9.05. The number of nitrogens with zero attached hydrogens (tertiary/aromatic N) is 1. The standard InChI is InChI=1S/C13H10Cl2F3N3O2/c14-8-10(16)5(11(17)9(15)12(8)18)3-13(20)2-1-7(21(22)23)6(19)4-13/h1-2H,3-4,19-20H2. The number of rotatable bonds is 3. The van der Waals surface area contributed by atoms with Gasteiger partial charge in [-0.2, -0.15) is 0 Å². The van der Waals surface area contributed by atoms with Crippen molar-refractivity contribution in [2.75, 3.05) is 0 Å². The summed E-state index contributed by atoms with van der Waals surface area (Å²) in [6.07, 6.45) is 1.59. The Hall–Kier alpha value is -1.77. The smallest absolute Gasteiger partial charge is 0.287 e. The highest BCUT2D eigenvalue weighted by molar-refractivity contribution is 6.35. The Balaban J connectivity index is 2.42. The van der Waals surface area contributed by atoms with Crippen LogP contribution in [0.3, 0.4) is 0 Å². The molecule has 0 radical (unpaired) electrons. The first-order valence-corrected chi connectivity index (χ1v) is 6.94. The van der Waals surface area contributed by atoms with E-state index in [1.807, 2.05) is 0 Å². The SMILES string of the molecule is NC1=C([N+](=O)[O-])C=CC(N)(Cc2c(F)c(Cl)c(F)c(Cl)c2F)C1. The number of hydrogen-bond donors (Lipinski definition) is 2. The van der Waals surface area contributed by atoms with E-state index in [9.17, 15) is 23.3 Å². The van der Waals surface area contributed by atoms with E-state index in [4.69, 9.17) is 34.7 Å². The van der Waals surface area contributed by atoms with Crippen molar-refractivity contribution in [2.24, 2.45) is 11.5 Å². The molecule has 0 amide bonds. The third-order valence-electron chi connectivity index (χ3n) is 3.43. The Morgan fingerprint density at radius 2 is 1.74 bits per heavy atom. The molecular formula is C13H10Cl2F3N3O2. The zero-order chi connectivity index (χ0) is 17.5. The van der Waals surface area contributed by atoms with Crippen LogP contribution in [-0.2, 0) is 6.42 Å². The molecule has 0 heterocycles. The van der Waals surface area contributed by atoms with Crippen molar-refractivity contribution in [3.63, 3.8) is 0 Å². The monoisotopic (exact) mass is 367 g/mol. The van der Waals surface area contributed by atoms with Crippen LogP contribution in [0, 0.1) is 27.6 Å². The predicted molar refractivity (Wildman–Crippen MR) is 78.9 cm³/mol. The molecule has 0 bridgehead atoms. The number of nitrogens with two attached hydrogens (primary N) is 2. The van der Waals surface area contributed by atoms with Crippen molar-refractivity contribution in [1.82, 2.24) is 0 Å². The van der Waals surface area contributed by atoms with Crippen LogP contribution in [0.4, 0.5) is 13.2 Å². The highest BCUT2D eigenvalue weighted by atomic mass is 35.5. The molecule has 5 nitrogen and oxygen atoms in total. The van der Waals surface area contributed by atoms with E-state index in [-0.39, 0.29) is 17.8 Å². The second-order valence-corrected chi connectivity index (χ2v) is 5.89. The van der Waals surface area contributed by atoms with Gasteiger partial charge in [0.15, 0.2) is 17.5 Å². The molecule has 10 heteroatoms. The molecule has 1 aliphatic rings. The summed E-state index contributed by atoms with van der Waals surface area (Å²) in [5.74, 6) is -4.06. The minimum Gasteiger partial charge on any atom is -0.396 e. The molecular weight excluding hydrogens is 358 g/mol. The Labute approximate surface area is 138 Å². The van der Waals surface area contributed by atoms with Crippen LogP contribution in [-0.4, -0.2) is 10.5 Å². The molecule has 0 saturated carbocycles. The molecule has 1 aromatic rings. The zero-order valence-corrected chi connectivity index (χ0v) is 12.9. The van der Waals surface area contributed by atoms with Crippen LogP contribution in [0.15, 0.2) is 23.5 Å². The lowest BCUT2D eigenvalue weighted by Crippen LogP contribution is -2.44. The van der Waals surface area contributed by atoms with Crippen molar-refractivity contribution in [3.05, 3.63) is 66.7 Å². The molecule has 1 unspecified atom stereocenters. The fourth-order valence-electron chi connectivity index (χ4n) is 2.29. The summed E-state index contributed by atoms with van der Waals surface area (Å²) in [6, 6.07) is 0. The summed E-state index contributed by atoms with van der Waals surface area (Å²) in [4.78, 5) is 10.1. The van der Waals surface area contributed by atoms with Gasteiger partial charge in [0.05, 0.1) is 10.6 Å². The lowest BCUT2D eigenvalue weighted by molar-refractivity contribution is -0.420. The second kappa shape index (κ2) is 6.03. The van der Waals surface area contributed by atoms with Crippen LogP contribution in [0.2, 0.25) is 10.0 Å². The first kappa shape index (κ1) is 17.6. The van der Waals surface area contributed by atoms with Gasteiger partial charge in [-0.1, -0.05) is 29.3 Å². The molecule has 0 aliphatic heterocycles. The van der Waals surface area contributed by atoms with Gasteiger partial charge < -0.3 is 11.5 Å². The zero-order valence-electron chi connectivity index (χ0n) is 11.4. The van der Waals surface area contributed by atoms with Crippen molar-refractivity contribution >= 4 is 23.2 Å². The third kappa shape index (κ3) is 3.15. The quantitative estimate of drug-likeness (QED) is 0.371. The average Bonchev–Trinajstić information content (AvgIpc) is 2.47. The molecule has 1 atom stereocenters. The van der Waals surface area contributed by atoms with Crippen molar-refractivity contribution in [2.45, 2.75) is 18.4 Å². The second-order valence-electron chi connectivity index (χ2n) is 5.14. The van der Waals surface area contributed by atoms with Gasteiger partial charge in [0.2, 0.25) is 0 Å². The van der Waals surface area contributed by atoms with Gasteiger partial charge in [-0.05, 0) is 0 Å². The maximum atomic E-state index is 14.0. The Morgan fingerprint density at radius 1 is 1.22 bits per heavy atom. The van der Waals surface area contributed by atoms with E-state index < -0.39 is 49.9 Å². The fourth-order valence-corrected chi connectivity index (χ4v) is 2.76. The fraction of sp³-hybridized carbons (Fsp3) is 0.231. The van der Waals surface area contributed by atoms with Gasteiger partial charge in [-0.15, -0.1) is 0 Å². The molecule has 1 aromatic carbocycles. The van der Waals surface area contributed by atoms with Gasteiger partial charge in [0, 0.05) is 30.0 Å². The molecule has 2 rings (SSSR count). The number of nitro groups is 1. The van der Waals surface area contributed by atoms with Crippen LogP contribution < -0.4 is 11.5 Å². The van der Waals surface area contributed by atoms with Gasteiger partial charge in [0.25, 0.3) is 5.70 Å². The third-order valence-corrected chi connectivity index (χ3v) is 4.09. The molecule has 23 heavy (non-hydrogen) atoms. The first-order chi connectivity index (χ1) is 10.6. The number of hydrogen-bond acceptors (Lipinski definition) is 4. The van der Waals surface area contributed by atoms with Gasteiger partial charge in [-0.3, -0.25) is 10.1 Å². The molecule has 0 fully saturated rings. The lowest BCUT2D eigenvalue weighted by atomic mass is 9.83. The van der Waals surface area contributed by atoms with Crippen LogP contribution in [0.5, 0.6) is 0 Å². The molecule has 1 aliphatic carbocycles. The van der Waals surface area contributed by atoms with E-state index in [2.05, 4.69) is 0 Å². The maximum absolute atomic E-state index is 14.0. The number of allylic oxidation sites excluding steroid dienone is 1. The predicted octanol–water partition coefficient (Wildman–Crippen LogP) is 3.06. The largest absolute Gasteiger partial charge is 0.396 e. The van der Waals surface area contributed by atoms with E-state index in [0.717, 1.165) is 6.08 Å². The average molecular weight is 368 g/mol. The Morgan fingerprint density at radius 3 is 2.17 bits per heavy atom. The van der Waals surface area contributed by atoms with Gasteiger partial charge >= 0.3 is 0 Å². The van der Waals surface area contributed by atoms with E-state index in [1.165, 1.54) is 6.08 Å². The molecule has 0 aromatic heterocycles. The van der Waals surface area contributed by atoms with Crippen LogP contribution in [0.1, 0.15) is 12.0 Å². The van der Waals surface area contributed by atoms with Gasteiger partial charge in [0.1, 0.15) is 10.0 Å². The molecule has 0 spiro atoms. The highest BCUT2D eigenvalue weighted by Crippen LogP contribution is 2.35. The normalized spacial score (nSPS) is 21.0. The van der Waals surface area contributed by atoms with Crippen LogP contribution >= 0.6 is 23.2 Å². The minimum absolute atomic E-state index is 0.139. The maximum Gasteiger partial charge on any atom is 0.287 e. The molecule has 124 valence electrons. The summed E-state index contributed by atoms with van der Waals surface area (Å²) in [7, 11) is 0. The summed E-state index contributed by atoms with van der Waals surface area (Å²) in [5, 5.41) is 8.84. The van der Waals surface area contributed by atoms with Crippen molar-refractivity contribution in [1.29, 1.82) is 0 Å². The van der Waals surface area contributed by atoms with E-state index >= 15 is 0 Å². The van der Waals surface area contributed by atoms with Crippen molar-refractivity contribution in [3.8, 4) is 0 Å². The van der Waals surface area contributed by atoms with Gasteiger partial charge in [-0.25, -0.2) is 13.2 Å². The number of halogens is 5. The molecule has 0 saturated heterocycles. The number of benzene rings is 1. The van der Waals surface area contributed by atoms with Crippen molar-refractivity contribution < 1.29 is 18.1 Å². The molecule has 4 N–H and O–H groups in total. The van der Waals surface area contributed by atoms with Crippen LogP contribution in [0.25, 0.3) is 0 Å². The van der Waals surface area contributed by atoms with E-state index in [1.54, 1.807) is 0 Å². The minimum atomic E-state index is -1.41. The lowest BCUT2D eigenvalue weighted by Gasteiger charge is -2.29. The summed E-state index contributed by atoms with van der Waals surface area (Å²) >= 11 is 10.9. The van der Waals surface area contributed by atoms with E-state index in [0.29, 0.717) is 0 Å².